The molecule has 1 unspecified atom stereocenters. The van der Waals surface area contributed by atoms with Crippen molar-refractivity contribution in [1.82, 2.24) is 0 Å². The number of alkyl halides is 1. The van der Waals surface area contributed by atoms with Crippen molar-refractivity contribution in [3.05, 3.63) is 46.2 Å². The van der Waals surface area contributed by atoms with E-state index >= 15 is 0 Å². The highest BCUT2D eigenvalue weighted by molar-refractivity contribution is 7.10. The minimum absolute atomic E-state index is 0.185. The summed E-state index contributed by atoms with van der Waals surface area (Å²) in [5, 5.41) is 1.80. The quantitative estimate of drug-likeness (QED) is 0.753. The molecule has 0 saturated heterocycles. The number of rotatable bonds is 5. The summed E-state index contributed by atoms with van der Waals surface area (Å²) < 4.78 is 10.7. The van der Waals surface area contributed by atoms with E-state index in [1.807, 2.05) is 42.6 Å². The third-order valence-corrected chi connectivity index (χ3v) is 4.15. The lowest BCUT2D eigenvalue weighted by Gasteiger charge is -2.11. The van der Waals surface area contributed by atoms with Crippen LogP contribution in [0.2, 0.25) is 0 Å². The van der Waals surface area contributed by atoms with Gasteiger partial charge < -0.3 is 9.47 Å². The zero-order valence-electron chi connectivity index (χ0n) is 10.4. The second kappa shape index (κ2) is 6.12. The maximum absolute atomic E-state index is 6.48. The molecule has 96 valence electrons. The molecule has 1 aromatic heterocycles. The molecule has 0 fully saturated rings. The van der Waals surface area contributed by atoms with E-state index in [9.17, 15) is 0 Å². The number of ether oxygens (including phenoxy) is 2. The second-order valence-corrected chi connectivity index (χ2v) is 5.10. The van der Waals surface area contributed by atoms with Crippen LogP contribution in [0.3, 0.4) is 0 Å². The Kier molecular flexibility index (Phi) is 4.50. The molecule has 2 rings (SSSR count). The van der Waals surface area contributed by atoms with Crippen molar-refractivity contribution in [3.8, 4) is 11.5 Å². The van der Waals surface area contributed by atoms with E-state index in [0.717, 1.165) is 21.9 Å². The van der Waals surface area contributed by atoms with Gasteiger partial charge in [-0.2, -0.15) is 0 Å². The van der Waals surface area contributed by atoms with Gasteiger partial charge in [-0.3, -0.25) is 0 Å². The van der Waals surface area contributed by atoms with Gasteiger partial charge in [0, 0.05) is 0 Å². The van der Waals surface area contributed by atoms with E-state index < -0.39 is 0 Å². The van der Waals surface area contributed by atoms with Crippen LogP contribution in [-0.2, 0) is 0 Å². The second-order valence-electron chi connectivity index (χ2n) is 3.72. The van der Waals surface area contributed by atoms with Gasteiger partial charge in [0.1, 0.15) is 11.5 Å². The van der Waals surface area contributed by atoms with Crippen molar-refractivity contribution in [2.24, 2.45) is 0 Å². The molecule has 1 atom stereocenters. The molecular formula is C14H15ClO2S. The largest absolute Gasteiger partial charge is 0.496 e. The molecular weight excluding hydrogens is 268 g/mol. The molecule has 1 aromatic carbocycles. The van der Waals surface area contributed by atoms with E-state index in [2.05, 4.69) is 0 Å². The van der Waals surface area contributed by atoms with E-state index in [4.69, 9.17) is 21.1 Å². The van der Waals surface area contributed by atoms with Gasteiger partial charge in [0.2, 0.25) is 0 Å². The summed E-state index contributed by atoms with van der Waals surface area (Å²) in [6.45, 7) is 2.64. The Balaban J connectivity index is 2.20. The Hall–Kier alpha value is -1.19. The van der Waals surface area contributed by atoms with Crippen LogP contribution in [0.4, 0.5) is 0 Å². The van der Waals surface area contributed by atoms with Gasteiger partial charge in [-0.05, 0) is 36.1 Å². The Labute approximate surface area is 116 Å². The Morgan fingerprint density at radius 3 is 2.56 bits per heavy atom. The van der Waals surface area contributed by atoms with Crippen molar-refractivity contribution < 1.29 is 9.47 Å². The fourth-order valence-electron chi connectivity index (χ4n) is 1.71. The molecule has 1 heterocycles. The van der Waals surface area contributed by atoms with Crippen LogP contribution in [-0.4, -0.2) is 13.7 Å². The van der Waals surface area contributed by atoms with Crippen LogP contribution in [0.1, 0.15) is 22.7 Å². The predicted octanol–water partition coefficient (Wildman–Crippen LogP) is 4.48. The van der Waals surface area contributed by atoms with Gasteiger partial charge in [-0.25, -0.2) is 0 Å². The molecule has 2 aromatic rings. The number of hydrogen-bond donors (Lipinski definition) is 0. The summed E-state index contributed by atoms with van der Waals surface area (Å²) in [6, 6.07) is 9.79. The average molecular weight is 283 g/mol. The van der Waals surface area contributed by atoms with Crippen LogP contribution in [0, 0.1) is 0 Å². The van der Waals surface area contributed by atoms with Crippen LogP contribution in [0.25, 0.3) is 0 Å². The lowest BCUT2D eigenvalue weighted by molar-refractivity contribution is 0.340. The molecule has 0 amide bonds. The minimum atomic E-state index is -0.185. The van der Waals surface area contributed by atoms with Crippen molar-refractivity contribution in [1.29, 1.82) is 0 Å². The smallest absolute Gasteiger partial charge is 0.134 e. The van der Waals surface area contributed by atoms with Crippen LogP contribution in [0.15, 0.2) is 35.7 Å². The normalized spacial score (nSPS) is 12.2. The Morgan fingerprint density at radius 1 is 1.22 bits per heavy atom. The Bertz CT molecular complexity index is 493. The number of benzene rings is 1. The first-order valence-corrected chi connectivity index (χ1v) is 7.06. The zero-order chi connectivity index (χ0) is 13.0. The lowest BCUT2D eigenvalue weighted by atomic mass is 10.1. The third kappa shape index (κ3) is 2.79. The number of hydrogen-bond acceptors (Lipinski definition) is 3. The molecule has 0 aliphatic carbocycles. The summed E-state index contributed by atoms with van der Waals surface area (Å²) in [5.74, 6) is 1.71. The summed E-state index contributed by atoms with van der Waals surface area (Å²) >= 11 is 8.08. The fourth-order valence-corrected chi connectivity index (χ4v) is 2.98. The molecule has 18 heavy (non-hydrogen) atoms. The van der Waals surface area contributed by atoms with E-state index in [-0.39, 0.29) is 5.38 Å². The summed E-state index contributed by atoms with van der Waals surface area (Å²) in [4.78, 5) is 1.03. The van der Waals surface area contributed by atoms with Gasteiger partial charge in [-0.1, -0.05) is 12.1 Å². The molecule has 4 heteroatoms. The highest BCUT2D eigenvalue weighted by Crippen LogP contribution is 2.39. The van der Waals surface area contributed by atoms with E-state index in [1.54, 1.807) is 18.4 Å². The Morgan fingerprint density at radius 2 is 1.94 bits per heavy atom. The molecule has 0 N–H and O–H groups in total. The van der Waals surface area contributed by atoms with Crippen LogP contribution >= 0.6 is 22.9 Å². The van der Waals surface area contributed by atoms with Crippen molar-refractivity contribution in [3.63, 3.8) is 0 Å². The summed E-state index contributed by atoms with van der Waals surface area (Å²) in [6.07, 6.45) is 0. The van der Waals surface area contributed by atoms with Crippen molar-refractivity contribution in [2.75, 3.05) is 13.7 Å². The van der Waals surface area contributed by atoms with E-state index in [1.165, 1.54) is 0 Å². The van der Waals surface area contributed by atoms with Crippen molar-refractivity contribution >= 4 is 22.9 Å². The van der Waals surface area contributed by atoms with Gasteiger partial charge in [0.15, 0.2) is 0 Å². The maximum atomic E-state index is 6.48. The molecule has 0 saturated carbocycles. The van der Waals surface area contributed by atoms with Gasteiger partial charge >= 0.3 is 0 Å². The highest BCUT2D eigenvalue weighted by Gasteiger charge is 2.17. The predicted molar refractivity (Wildman–Crippen MR) is 76.2 cm³/mol. The SMILES string of the molecule is CCOc1ccc(C(Cl)c2sccc2OC)cc1. The summed E-state index contributed by atoms with van der Waals surface area (Å²) in [5.41, 5.74) is 1.04. The first-order chi connectivity index (χ1) is 8.76. The lowest BCUT2D eigenvalue weighted by Crippen LogP contribution is -1.95. The monoisotopic (exact) mass is 282 g/mol. The molecule has 0 spiro atoms. The maximum Gasteiger partial charge on any atom is 0.134 e. The average Bonchev–Trinajstić information content (AvgIpc) is 2.87. The number of thiophene rings is 1. The van der Waals surface area contributed by atoms with Crippen molar-refractivity contribution in [2.45, 2.75) is 12.3 Å². The first-order valence-electron chi connectivity index (χ1n) is 5.74. The third-order valence-electron chi connectivity index (χ3n) is 2.59. The first kappa shape index (κ1) is 13.2. The van der Waals surface area contributed by atoms with Crippen LogP contribution < -0.4 is 9.47 Å². The van der Waals surface area contributed by atoms with Gasteiger partial charge in [-0.15, -0.1) is 22.9 Å². The summed E-state index contributed by atoms with van der Waals surface area (Å²) in [7, 11) is 1.66. The van der Waals surface area contributed by atoms with Gasteiger partial charge in [0.25, 0.3) is 0 Å². The minimum Gasteiger partial charge on any atom is -0.496 e. The highest BCUT2D eigenvalue weighted by atomic mass is 35.5. The van der Waals surface area contributed by atoms with Crippen LogP contribution in [0.5, 0.6) is 11.5 Å². The molecule has 0 aliphatic rings. The number of methoxy groups -OCH3 is 1. The molecule has 2 nitrogen and oxygen atoms in total. The zero-order valence-corrected chi connectivity index (χ0v) is 11.9. The van der Waals surface area contributed by atoms with E-state index in [0.29, 0.717) is 6.61 Å². The standard InChI is InChI=1S/C14H15ClO2S/c1-3-17-11-6-4-10(5-7-11)13(15)14-12(16-2)8-9-18-14/h4-9,13H,3H2,1-2H3. The molecule has 0 radical (unpaired) electrons. The topological polar surface area (TPSA) is 18.5 Å². The number of halogens is 1. The fraction of sp³-hybridized carbons (Fsp3) is 0.286. The molecule has 0 bridgehead atoms. The molecule has 0 aliphatic heterocycles. The van der Waals surface area contributed by atoms with Gasteiger partial charge in [0.05, 0.1) is 24.0 Å².